The van der Waals surface area contributed by atoms with Crippen LogP contribution >= 0.6 is 0 Å². The largest absolute Gasteiger partial charge is 0.347 e. The maximum absolute atomic E-state index is 12.5. The molecule has 130 valence electrons. The number of rotatable bonds is 4. The second kappa shape index (κ2) is 6.93. The molecule has 1 aliphatic heterocycles. The van der Waals surface area contributed by atoms with Crippen molar-refractivity contribution in [2.75, 3.05) is 5.32 Å². The summed E-state index contributed by atoms with van der Waals surface area (Å²) >= 11 is 0. The number of carbonyl (C=O) groups excluding carboxylic acids is 1. The molecule has 6 nitrogen and oxygen atoms in total. The van der Waals surface area contributed by atoms with E-state index in [1.807, 2.05) is 42.5 Å². The number of hydrogen-bond acceptors (Lipinski definition) is 4. The van der Waals surface area contributed by atoms with Crippen LogP contribution in [0.4, 0.5) is 5.69 Å². The molecule has 6 heteroatoms. The third kappa shape index (κ3) is 3.41. The Morgan fingerprint density at radius 2 is 2.00 bits per heavy atom. The Morgan fingerprint density at radius 3 is 2.88 bits per heavy atom. The molecule has 0 saturated carbocycles. The van der Waals surface area contributed by atoms with Crippen molar-refractivity contribution in [2.24, 2.45) is 0 Å². The van der Waals surface area contributed by atoms with Gasteiger partial charge >= 0.3 is 5.69 Å². The topological polar surface area (TPSA) is 76.0 Å². The molecule has 2 aromatic carbocycles. The van der Waals surface area contributed by atoms with Gasteiger partial charge in [-0.25, -0.2) is 9.78 Å². The van der Waals surface area contributed by atoms with E-state index < -0.39 is 0 Å². The SMILES string of the molecule is O=C(Nc1cccc(Cn2cccnc2=O)c1)c1ccc2c(c1)CNC2. The summed E-state index contributed by atoms with van der Waals surface area (Å²) in [6, 6.07) is 15.0. The van der Waals surface area contributed by atoms with Crippen molar-refractivity contribution < 1.29 is 4.79 Å². The third-order valence-corrected chi connectivity index (χ3v) is 4.42. The summed E-state index contributed by atoms with van der Waals surface area (Å²) in [4.78, 5) is 28.0. The van der Waals surface area contributed by atoms with Crippen LogP contribution in [0, 0.1) is 0 Å². The Morgan fingerprint density at radius 1 is 1.12 bits per heavy atom. The fourth-order valence-corrected chi connectivity index (χ4v) is 3.09. The highest BCUT2D eigenvalue weighted by Gasteiger charge is 2.13. The fraction of sp³-hybridized carbons (Fsp3) is 0.150. The zero-order valence-corrected chi connectivity index (χ0v) is 14.1. The predicted octanol–water partition coefficient (Wildman–Crippen LogP) is 2.15. The number of benzene rings is 2. The van der Waals surface area contributed by atoms with Gasteiger partial charge in [0, 0.05) is 36.7 Å². The summed E-state index contributed by atoms with van der Waals surface area (Å²) in [5.74, 6) is -0.143. The number of amides is 1. The maximum Gasteiger partial charge on any atom is 0.347 e. The van der Waals surface area contributed by atoms with Crippen molar-refractivity contribution in [1.29, 1.82) is 0 Å². The van der Waals surface area contributed by atoms with Gasteiger partial charge < -0.3 is 10.6 Å². The molecule has 0 aliphatic carbocycles. The molecule has 2 heterocycles. The number of nitrogens with zero attached hydrogens (tertiary/aromatic N) is 2. The molecule has 1 aliphatic rings. The van der Waals surface area contributed by atoms with Crippen molar-refractivity contribution in [3.8, 4) is 0 Å². The Bertz CT molecular complexity index is 1030. The maximum atomic E-state index is 12.5. The molecule has 0 atom stereocenters. The first-order chi connectivity index (χ1) is 12.7. The Kier molecular flexibility index (Phi) is 4.33. The van der Waals surface area contributed by atoms with Crippen molar-refractivity contribution in [1.82, 2.24) is 14.9 Å². The van der Waals surface area contributed by atoms with Crippen LogP contribution in [0.3, 0.4) is 0 Å². The molecule has 4 rings (SSSR count). The number of carbonyl (C=O) groups is 1. The van der Waals surface area contributed by atoms with Gasteiger partial charge in [-0.15, -0.1) is 0 Å². The Hall–Kier alpha value is -3.25. The minimum Gasteiger partial charge on any atom is -0.322 e. The molecule has 2 N–H and O–H groups in total. The van der Waals surface area contributed by atoms with Gasteiger partial charge in [-0.3, -0.25) is 9.36 Å². The summed E-state index contributed by atoms with van der Waals surface area (Å²) in [6.45, 7) is 2.06. The highest BCUT2D eigenvalue weighted by atomic mass is 16.2. The fourth-order valence-electron chi connectivity index (χ4n) is 3.09. The zero-order valence-electron chi connectivity index (χ0n) is 14.1. The molecule has 0 fully saturated rings. The lowest BCUT2D eigenvalue weighted by Gasteiger charge is -2.09. The number of hydrogen-bond donors (Lipinski definition) is 2. The normalized spacial score (nSPS) is 12.6. The van der Waals surface area contributed by atoms with Gasteiger partial charge in [0.05, 0.1) is 6.54 Å². The van der Waals surface area contributed by atoms with E-state index in [4.69, 9.17) is 0 Å². The minimum atomic E-state index is -0.298. The number of aromatic nitrogens is 2. The second-order valence-electron chi connectivity index (χ2n) is 6.27. The minimum absolute atomic E-state index is 0.143. The van der Waals surface area contributed by atoms with E-state index in [1.165, 1.54) is 21.9 Å². The van der Waals surface area contributed by atoms with Crippen LogP contribution in [0.2, 0.25) is 0 Å². The molecule has 0 saturated heterocycles. The van der Waals surface area contributed by atoms with Gasteiger partial charge in [0.2, 0.25) is 0 Å². The summed E-state index contributed by atoms with van der Waals surface area (Å²) < 4.78 is 1.52. The van der Waals surface area contributed by atoms with Crippen LogP contribution in [0.15, 0.2) is 65.7 Å². The van der Waals surface area contributed by atoms with Crippen molar-refractivity contribution >= 4 is 11.6 Å². The van der Waals surface area contributed by atoms with Gasteiger partial charge in [-0.1, -0.05) is 18.2 Å². The van der Waals surface area contributed by atoms with E-state index in [9.17, 15) is 9.59 Å². The molecule has 3 aromatic rings. The van der Waals surface area contributed by atoms with E-state index in [0.29, 0.717) is 17.8 Å². The highest BCUT2D eigenvalue weighted by Crippen LogP contribution is 2.18. The van der Waals surface area contributed by atoms with Crippen LogP contribution in [0.25, 0.3) is 0 Å². The van der Waals surface area contributed by atoms with Crippen molar-refractivity contribution in [2.45, 2.75) is 19.6 Å². The molecule has 1 aromatic heterocycles. The van der Waals surface area contributed by atoms with Gasteiger partial charge in [-0.05, 0) is 47.0 Å². The van der Waals surface area contributed by atoms with Gasteiger partial charge in [-0.2, -0.15) is 0 Å². The van der Waals surface area contributed by atoms with Crippen molar-refractivity contribution in [3.63, 3.8) is 0 Å². The van der Waals surface area contributed by atoms with E-state index in [2.05, 4.69) is 15.6 Å². The third-order valence-electron chi connectivity index (χ3n) is 4.42. The lowest BCUT2D eigenvalue weighted by molar-refractivity contribution is 0.102. The van der Waals surface area contributed by atoms with Gasteiger partial charge in [0.25, 0.3) is 5.91 Å². The standard InChI is InChI=1S/C20H18N4O2/c25-19(15-5-6-16-11-21-12-17(16)10-15)23-18-4-1-3-14(9-18)13-24-8-2-7-22-20(24)26/h1-10,21H,11-13H2,(H,23,25). The van der Waals surface area contributed by atoms with E-state index in [1.54, 1.807) is 12.3 Å². The van der Waals surface area contributed by atoms with Gasteiger partial charge in [0.15, 0.2) is 0 Å². The van der Waals surface area contributed by atoms with Crippen LogP contribution < -0.4 is 16.3 Å². The van der Waals surface area contributed by atoms with Gasteiger partial charge in [0.1, 0.15) is 0 Å². The predicted molar refractivity (Wildman–Crippen MR) is 99.0 cm³/mol. The van der Waals surface area contributed by atoms with E-state index >= 15 is 0 Å². The zero-order chi connectivity index (χ0) is 17.9. The molecular weight excluding hydrogens is 328 g/mol. The van der Waals surface area contributed by atoms with Crippen LogP contribution in [-0.2, 0) is 19.6 Å². The first kappa shape index (κ1) is 16.2. The molecule has 0 unspecified atom stereocenters. The lowest BCUT2D eigenvalue weighted by atomic mass is 10.1. The highest BCUT2D eigenvalue weighted by molar-refractivity contribution is 6.04. The van der Waals surface area contributed by atoms with Crippen LogP contribution in [0.5, 0.6) is 0 Å². The van der Waals surface area contributed by atoms with Crippen LogP contribution in [0.1, 0.15) is 27.0 Å². The first-order valence-corrected chi connectivity index (χ1v) is 8.43. The lowest BCUT2D eigenvalue weighted by Crippen LogP contribution is -2.22. The number of anilines is 1. The Balaban J connectivity index is 1.51. The average molecular weight is 346 g/mol. The van der Waals surface area contributed by atoms with Crippen molar-refractivity contribution in [3.05, 3.63) is 93.7 Å². The summed E-state index contributed by atoms with van der Waals surface area (Å²) in [6.07, 6.45) is 3.17. The van der Waals surface area contributed by atoms with E-state index in [0.717, 1.165) is 18.7 Å². The smallest absolute Gasteiger partial charge is 0.322 e. The Labute approximate surface area is 150 Å². The van der Waals surface area contributed by atoms with E-state index in [-0.39, 0.29) is 11.6 Å². The van der Waals surface area contributed by atoms with Crippen LogP contribution in [-0.4, -0.2) is 15.5 Å². The number of fused-ring (bicyclic) bond motifs is 1. The molecule has 1 amide bonds. The number of nitrogens with one attached hydrogen (secondary N) is 2. The molecule has 0 spiro atoms. The quantitative estimate of drug-likeness (QED) is 0.759. The summed E-state index contributed by atoms with van der Waals surface area (Å²) in [5.41, 5.74) is 4.36. The average Bonchev–Trinajstić information content (AvgIpc) is 3.12. The monoisotopic (exact) mass is 346 g/mol. The summed E-state index contributed by atoms with van der Waals surface area (Å²) in [5, 5.41) is 6.20. The molecule has 0 radical (unpaired) electrons. The second-order valence-corrected chi connectivity index (χ2v) is 6.27. The molecular formula is C20H18N4O2. The molecule has 0 bridgehead atoms. The first-order valence-electron chi connectivity index (χ1n) is 8.43. The molecule has 26 heavy (non-hydrogen) atoms. The summed E-state index contributed by atoms with van der Waals surface area (Å²) in [7, 11) is 0.